The van der Waals surface area contributed by atoms with E-state index < -0.39 is 10.1 Å². The van der Waals surface area contributed by atoms with Gasteiger partial charge in [-0.15, -0.1) is 0 Å². The Morgan fingerprint density at radius 3 is 2.35 bits per heavy atom. The van der Waals surface area contributed by atoms with Crippen LogP contribution in [-0.2, 0) is 14.4 Å². The van der Waals surface area contributed by atoms with Crippen LogP contribution < -0.4 is 4.74 Å². The summed E-state index contributed by atoms with van der Waals surface area (Å²) in [5, 5.41) is 12.1. The van der Waals surface area contributed by atoms with E-state index in [-0.39, 0.29) is 5.71 Å². The van der Waals surface area contributed by atoms with Crippen LogP contribution in [-0.4, -0.2) is 27.5 Å². The first-order chi connectivity index (χ1) is 7.96. The molecule has 90 valence electrons. The smallest absolute Gasteiger partial charge is 0.325 e. The standard InChI is InChI=1S/C10H10N2O4S/c1-15-9-5-3-8(4-6-9)10(7-11)12-16-17(2,13)14/h3-6H,1-2H3/b12-10+. The summed E-state index contributed by atoms with van der Waals surface area (Å²) >= 11 is 0. The summed E-state index contributed by atoms with van der Waals surface area (Å²) in [5.41, 5.74) is 0.315. The highest BCUT2D eigenvalue weighted by Crippen LogP contribution is 2.12. The number of benzene rings is 1. The third kappa shape index (κ3) is 4.12. The van der Waals surface area contributed by atoms with E-state index in [0.717, 1.165) is 6.26 Å². The lowest BCUT2D eigenvalue weighted by atomic mass is 10.1. The number of methoxy groups -OCH3 is 1. The van der Waals surface area contributed by atoms with Gasteiger partial charge in [0.15, 0.2) is 5.71 Å². The largest absolute Gasteiger partial charge is 0.497 e. The molecule has 0 bridgehead atoms. The zero-order valence-corrected chi connectivity index (χ0v) is 10.1. The van der Waals surface area contributed by atoms with Crippen LogP contribution >= 0.6 is 0 Å². The molecule has 0 aromatic heterocycles. The minimum absolute atomic E-state index is 0.127. The topological polar surface area (TPSA) is 88.8 Å². The lowest BCUT2D eigenvalue weighted by Gasteiger charge is -2.01. The Bertz CT molecular complexity index is 555. The molecule has 0 spiro atoms. The second-order valence-electron chi connectivity index (χ2n) is 3.06. The van der Waals surface area contributed by atoms with Crippen molar-refractivity contribution in [1.82, 2.24) is 0 Å². The third-order valence-electron chi connectivity index (χ3n) is 1.73. The van der Waals surface area contributed by atoms with Crippen molar-refractivity contribution in [3.63, 3.8) is 0 Å². The SMILES string of the molecule is COc1ccc(/C(C#N)=N/OS(C)(=O)=O)cc1. The lowest BCUT2D eigenvalue weighted by molar-refractivity contribution is 0.344. The highest BCUT2D eigenvalue weighted by molar-refractivity contribution is 7.85. The second-order valence-corrected chi connectivity index (χ2v) is 4.62. The second kappa shape index (κ2) is 5.32. The van der Waals surface area contributed by atoms with Crippen molar-refractivity contribution in [2.24, 2.45) is 5.16 Å². The van der Waals surface area contributed by atoms with E-state index in [1.165, 1.54) is 7.11 Å². The van der Waals surface area contributed by atoms with Gasteiger partial charge in [0.05, 0.1) is 13.4 Å². The van der Waals surface area contributed by atoms with E-state index in [1.807, 2.05) is 0 Å². The van der Waals surface area contributed by atoms with Crippen LogP contribution in [0.4, 0.5) is 0 Å². The van der Waals surface area contributed by atoms with E-state index in [9.17, 15) is 8.42 Å². The Balaban J connectivity index is 2.98. The van der Waals surface area contributed by atoms with E-state index >= 15 is 0 Å². The quantitative estimate of drug-likeness (QED) is 0.588. The molecule has 1 aromatic carbocycles. The summed E-state index contributed by atoms with van der Waals surface area (Å²) in [6.45, 7) is 0. The van der Waals surface area contributed by atoms with Crippen molar-refractivity contribution in [2.75, 3.05) is 13.4 Å². The molecular formula is C10H10N2O4S. The van der Waals surface area contributed by atoms with Gasteiger partial charge in [-0.05, 0) is 24.3 Å². The number of nitriles is 1. The van der Waals surface area contributed by atoms with Gasteiger partial charge in [0.25, 0.3) is 0 Å². The van der Waals surface area contributed by atoms with Gasteiger partial charge >= 0.3 is 10.1 Å². The van der Waals surface area contributed by atoms with Gasteiger partial charge < -0.3 is 4.74 Å². The van der Waals surface area contributed by atoms with E-state index in [4.69, 9.17) is 10.00 Å². The molecule has 0 saturated heterocycles. The van der Waals surface area contributed by atoms with Gasteiger partial charge in [0, 0.05) is 5.56 Å². The van der Waals surface area contributed by atoms with Gasteiger partial charge in [0.2, 0.25) is 0 Å². The fourth-order valence-corrected chi connectivity index (χ4v) is 1.20. The number of ether oxygens (including phenoxy) is 1. The molecule has 0 radical (unpaired) electrons. The maximum atomic E-state index is 10.7. The van der Waals surface area contributed by atoms with Crippen LogP contribution in [0.3, 0.4) is 0 Å². The van der Waals surface area contributed by atoms with Crippen molar-refractivity contribution in [3.8, 4) is 11.8 Å². The molecule has 0 aliphatic rings. The lowest BCUT2D eigenvalue weighted by Crippen LogP contribution is -2.03. The van der Waals surface area contributed by atoms with Gasteiger partial charge in [-0.25, -0.2) is 0 Å². The predicted molar refractivity (Wildman–Crippen MR) is 61.1 cm³/mol. The normalized spacial score (nSPS) is 11.7. The molecule has 0 amide bonds. The Labute approximate surface area is 99.2 Å². The Morgan fingerprint density at radius 2 is 1.94 bits per heavy atom. The van der Waals surface area contributed by atoms with Crippen LogP contribution in [0.15, 0.2) is 29.4 Å². The molecule has 0 heterocycles. The van der Waals surface area contributed by atoms with Crippen LogP contribution in [0.2, 0.25) is 0 Å². The Morgan fingerprint density at radius 1 is 1.35 bits per heavy atom. The van der Waals surface area contributed by atoms with E-state index in [0.29, 0.717) is 11.3 Å². The van der Waals surface area contributed by atoms with Gasteiger partial charge in [-0.2, -0.15) is 13.7 Å². The molecule has 0 aliphatic carbocycles. The van der Waals surface area contributed by atoms with Crippen LogP contribution in [0.1, 0.15) is 5.56 Å². The molecule has 7 heteroatoms. The molecule has 6 nitrogen and oxygen atoms in total. The van der Waals surface area contributed by atoms with Crippen molar-refractivity contribution in [1.29, 1.82) is 5.26 Å². The monoisotopic (exact) mass is 254 g/mol. The minimum Gasteiger partial charge on any atom is -0.497 e. The summed E-state index contributed by atoms with van der Waals surface area (Å²) in [7, 11) is -2.20. The highest BCUT2D eigenvalue weighted by Gasteiger charge is 2.06. The first-order valence-corrected chi connectivity index (χ1v) is 6.29. The fourth-order valence-electron chi connectivity index (χ4n) is 0.992. The molecule has 1 rings (SSSR count). The maximum absolute atomic E-state index is 10.7. The summed E-state index contributed by atoms with van der Waals surface area (Å²) in [4.78, 5) is 0. The zero-order chi connectivity index (χ0) is 12.9. The van der Waals surface area contributed by atoms with Gasteiger partial charge in [-0.3, -0.25) is 4.28 Å². The summed E-state index contributed by atoms with van der Waals surface area (Å²) in [6.07, 6.45) is 0.847. The molecule has 0 N–H and O–H groups in total. The number of hydrogen-bond donors (Lipinski definition) is 0. The van der Waals surface area contributed by atoms with Gasteiger partial charge in [0.1, 0.15) is 11.8 Å². The average molecular weight is 254 g/mol. The molecule has 0 unspecified atom stereocenters. The highest BCUT2D eigenvalue weighted by atomic mass is 32.2. The summed E-state index contributed by atoms with van der Waals surface area (Å²) in [5.74, 6) is 0.620. The number of nitrogens with zero attached hydrogens (tertiary/aromatic N) is 2. The molecule has 0 saturated carbocycles. The van der Waals surface area contributed by atoms with Crippen molar-refractivity contribution in [2.45, 2.75) is 0 Å². The summed E-state index contributed by atoms with van der Waals surface area (Å²) < 4.78 is 30.6. The van der Waals surface area contributed by atoms with E-state index in [2.05, 4.69) is 9.44 Å². The molecule has 0 aliphatic heterocycles. The molecule has 1 aromatic rings. The van der Waals surface area contributed by atoms with Crippen LogP contribution in [0.5, 0.6) is 5.75 Å². The third-order valence-corrected chi connectivity index (χ3v) is 2.08. The van der Waals surface area contributed by atoms with E-state index in [1.54, 1.807) is 30.3 Å². The predicted octanol–water partition coefficient (Wildman–Crippen LogP) is 0.899. The number of hydrogen-bond acceptors (Lipinski definition) is 6. The van der Waals surface area contributed by atoms with Crippen LogP contribution in [0, 0.1) is 11.3 Å². The first kappa shape index (κ1) is 13.0. The minimum atomic E-state index is -3.71. The molecule has 17 heavy (non-hydrogen) atoms. The zero-order valence-electron chi connectivity index (χ0n) is 9.25. The van der Waals surface area contributed by atoms with Crippen LogP contribution in [0.25, 0.3) is 0 Å². The molecule has 0 atom stereocenters. The van der Waals surface area contributed by atoms with Crippen molar-refractivity contribution >= 4 is 15.8 Å². The fraction of sp³-hybridized carbons (Fsp3) is 0.200. The number of rotatable bonds is 4. The van der Waals surface area contributed by atoms with Crippen molar-refractivity contribution in [3.05, 3.63) is 29.8 Å². The number of oxime groups is 1. The first-order valence-electron chi connectivity index (χ1n) is 4.47. The van der Waals surface area contributed by atoms with Gasteiger partial charge in [-0.1, -0.05) is 5.16 Å². The molecular weight excluding hydrogens is 244 g/mol. The molecule has 0 fully saturated rings. The van der Waals surface area contributed by atoms with Crippen molar-refractivity contribution < 1.29 is 17.4 Å². The maximum Gasteiger partial charge on any atom is 0.325 e. The Kier molecular flexibility index (Phi) is 4.06. The Hall–Kier alpha value is -2.07. The average Bonchev–Trinajstić information content (AvgIpc) is 2.29. The summed E-state index contributed by atoms with van der Waals surface area (Å²) in [6, 6.07) is 8.16.